The van der Waals surface area contributed by atoms with Crippen molar-refractivity contribution in [2.24, 2.45) is 5.92 Å². The lowest BCUT2D eigenvalue weighted by atomic mass is 9.98. The molecule has 30 heavy (non-hydrogen) atoms. The number of sulfonamides is 1. The van der Waals surface area contributed by atoms with Gasteiger partial charge in [0.2, 0.25) is 15.8 Å². The molecule has 0 spiro atoms. The van der Waals surface area contributed by atoms with Gasteiger partial charge in [-0.25, -0.2) is 12.7 Å². The van der Waals surface area contributed by atoms with Crippen LogP contribution in [0, 0.1) is 16.0 Å². The van der Waals surface area contributed by atoms with Gasteiger partial charge < -0.3 is 9.47 Å². The summed E-state index contributed by atoms with van der Waals surface area (Å²) < 4.78 is 36.8. The first-order valence-electron chi connectivity index (χ1n) is 9.36. The summed E-state index contributed by atoms with van der Waals surface area (Å²) in [5, 5.41) is 11.2. The molecule has 0 atom stereocenters. The van der Waals surface area contributed by atoms with Crippen molar-refractivity contribution in [2.75, 3.05) is 20.2 Å². The van der Waals surface area contributed by atoms with Crippen molar-refractivity contribution < 1.29 is 27.6 Å². The second kappa shape index (κ2) is 9.23. The molecule has 10 heteroatoms. The summed E-state index contributed by atoms with van der Waals surface area (Å²) in [5.41, 5.74) is 0.330. The summed E-state index contributed by atoms with van der Waals surface area (Å²) in [6.45, 7) is 0.388. The number of benzene rings is 2. The van der Waals surface area contributed by atoms with E-state index >= 15 is 0 Å². The predicted molar refractivity (Wildman–Crippen MR) is 109 cm³/mol. The molecule has 0 saturated carbocycles. The van der Waals surface area contributed by atoms with Crippen molar-refractivity contribution in [2.45, 2.75) is 18.6 Å². The van der Waals surface area contributed by atoms with E-state index in [2.05, 4.69) is 0 Å². The van der Waals surface area contributed by atoms with Crippen LogP contribution in [0.5, 0.6) is 11.5 Å². The Bertz CT molecular complexity index is 1020. The molecule has 0 unspecified atom stereocenters. The molecule has 160 valence electrons. The van der Waals surface area contributed by atoms with Gasteiger partial charge in [-0.15, -0.1) is 0 Å². The fourth-order valence-electron chi connectivity index (χ4n) is 3.29. The van der Waals surface area contributed by atoms with Crippen LogP contribution >= 0.6 is 0 Å². The highest BCUT2D eigenvalue weighted by Gasteiger charge is 2.33. The summed E-state index contributed by atoms with van der Waals surface area (Å²) >= 11 is 0. The summed E-state index contributed by atoms with van der Waals surface area (Å²) in [7, 11) is -2.11. The summed E-state index contributed by atoms with van der Waals surface area (Å²) in [5.74, 6) is -1.12. The lowest BCUT2D eigenvalue weighted by Crippen LogP contribution is -2.41. The highest BCUT2D eigenvalue weighted by molar-refractivity contribution is 7.88. The Morgan fingerprint density at radius 2 is 1.83 bits per heavy atom. The molecule has 3 rings (SSSR count). The van der Waals surface area contributed by atoms with Crippen molar-refractivity contribution in [1.82, 2.24) is 4.31 Å². The van der Waals surface area contributed by atoms with E-state index < -0.39 is 26.8 Å². The smallest absolute Gasteiger partial charge is 0.315 e. The third-order valence-corrected chi connectivity index (χ3v) is 6.80. The van der Waals surface area contributed by atoms with Crippen LogP contribution in [0.15, 0.2) is 48.5 Å². The Labute approximate surface area is 174 Å². The number of nitrogens with zero attached hydrogens (tertiary/aromatic N) is 2. The van der Waals surface area contributed by atoms with Gasteiger partial charge in [-0.3, -0.25) is 14.9 Å². The maximum Gasteiger partial charge on any atom is 0.315 e. The number of hydrogen-bond acceptors (Lipinski definition) is 7. The normalized spacial score (nSPS) is 15.5. The molecule has 2 aromatic carbocycles. The minimum absolute atomic E-state index is 0.0962. The average Bonchev–Trinajstić information content (AvgIpc) is 2.74. The number of piperidine rings is 1. The number of hydrogen-bond donors (Lipinski definition) is 0. The van der Waals surface area contributed by atoms with Crippen LogP contribution in [-0.2, 0) is 20.6 Å². The second-order valence-corrected chi connectivity index (χ2v) is 8.90. The Kier molecular flexibility index (Phi) is 6.68. The van der Waals surface area contributed by atoms with Crippen LogP contribution in [0.1, 0.15) is 18.4 Å². The van der Waals surface area contributed by atoms with Crippen LogP contribution in [0.25, 0.3) is 0 Å². The second-order valence-electron chi connectivity index (χ2n) is 6.93. The van der Waals surface area contributed by atoms with E-state index in [0.29, 0.717) is 5.56 Å². The monoisotopic (exact) mass is 434 g/mol. The minimum Gasteiger partial charge on any atom is -0.496 e. The number of ether oxygens (including phenoxy) is 2. The van der Waals surface area contributed by atoms with E-state index in [1.807, 2.05) is 6.07 Å². The SMILES string of the molecule is COc1ccc(OC(=O)C2CCN(S(=O)(=O)Cc3ccccc3)CC2)c([N+](=O)[O-])c1. The Morgan fingerprint density at radius 1 is 1.17 bits per heavy atom. The first-order chi connectivity index (χ1) is 14.3. The molecular weight excluding hydrogens is 412 g/mol. The van der Waals surface area contributed by atoms with E-state index in [9.17, 15) is 23.3 Å². The molecule has 1 saturated heterocycles. The third kappa shape index (κ3) is 5.14. The number of carbonyl (C=O) groups excluding carboxylic acids is 1. The molecule has 0 aromatic heterocycles. The molecule has 0 radical (unpaired) electrons. The van der Waals surface area contributed by atoms with Gasteiger partial charge in [0.05, 0.1) is 29.8 Å². The highest BCUT2D eigenvalue weighted by atomic mass is 32.2. The Morgan fingerprint density at radius 3 is 2.43 bits per heavy atom. The number of rotatable bonds is 7. The molecule has 2 aromatic rings. The number of nitro benzene ring substituents is 1. The van der Waals surface area contributed by atoms with E-state index in [1.165, 1.54) is 29.6 Å². The van der Waals surface area contributed by atoms with Gasteiger partial charge in [0, 0.05) is 13.1 Å². The topological polar surface area (TPSA) is 116 Å². The van der Waals surface area contributed by atoms with Gasteiger partial charge in [0.1, 0.15) is 5.75 Å². The van der Waals surface area contributed by atoms with Gasteiger partial charge in [-0.1, -0.05) is 30.3 Å². The third-order valence-electron chi connectivity index (χ3n) is 4.95. The van der Waals surface area contributed by atoms with Crippen LogP contribution in [0.2, 0.25) is 0 Å². The standard InChI is InChI=1S/C20H22N2O7S/c1-28-17-7-8-19(18(13-17)22(24)25)29-20(23)16-9-11-21(12-10-16)30(26,27)14-15-5-3-2-4-6-15/h2-8,13,16H,9-12,14H2,1H3. The Hall–Kier alpha value is -2.98. The average molecular weight is 434 g/mol. The zero-order valence-electron chi connectivity index (χ0n) is 16.4. The fourth-order valence-corrected chi connectivity index (χ4v) is 4.85. The van der Waals surface area contributed by atoms with Crippen LogP contribution in [0.4, 0.5) is 5.69 Å². The molecule has 9 nitrogen and oxygen atoms in total. The largest absolute Gasteiger partial charge is 0.496 e. The molecule has 0 amide bonds. The number of methoxy groups -OCH3 is 1. The summed E-state index contributed by atoms with van der Waals surface area (Å²) in [6.07, 6.45) is 0.577. The minimum atomic E-state index is -3.49. The van der Waals surface area contributed by atoms with Crippen molar-refractivity contribution in [3.8, 4) is 11.5 Å². The van der Waals surface area contributed by atoms with Gasteiger partial charge in [0.15, 0.2) is 0 Å². The molecule has 0 bridgehead atoms. The molecule has 1 aliphatic heterocycles. The quantitative estimate of drug-likeness (QED) is 0.285. The number of esters is 1. The first kappa shape index (κ1) is 21.7. The zero-order chi connectivity index (χ0) is 21.7. The van der Waals surface area contributed by atoms with Crippen molar-refractivity contribution in [3.05, 3.63) is 64.2 Å². The predicted octanol–water partition coefficient (Wildman–Crippen LogP) is 2.75. The van der Waals surface area contributed by atoms with Crippen molar-refractivity contribution >= 4 is 21.7 Å². The fraction of sp³-hybridized carbons (Fsp3) is 0.350. The van der Waals surface area contributed by atoms with Crippen molar-refractivity contribution in [1.29, 1.82) is 0 Å². The molecule has 1 aliphatic rings. The van der Waals surface area contributed by atoms with Gasteiger partial charge in [0.25, 0.3) is 0 Å². The van der Waals surface area contributed by atoms with E-state index in [-0.39, 0.29) is 48.9 Å². The lowest BCUT2D eigenvalue weighted by Gasteiger charge is -2.30. The summed E-state index contributed by atoms with van der Waals surface area (Å²) in [4.78, 5) is 23.1. The van der Waals surface area contributed by atoms with Crippen LogP contribution in [0.3, 0.4) is 0 Å². The van der Waals surface area contributed by atoms with Crippen LogP contribution in [-0.4, -0.2) is 43.8 Å². The zero-order valence-corrected chi connectivity index (χ0v) is 17.2. The maximum atomic E-state index is 12.6. The van der Waals surface area contributed by atoms with Gasteiger partial charge in [-0.05, 0) is 30.5 Å². The summed E-state index contributed by atoms with van der Waals surface area (Å²) in [6, 6.07) is 12.9. The Balaban J connectivity index is 1.61. The van der Waals surface area contributed by atoms with Gasteiger partial charge in [-0.2, -0.15) is 0 Å². The van der Waals surface area contributed by atoms with E-state index in [1.54, 1.807) is 24.3 Å². The van der Waals surface area contributed by atoms with Crippen molar-refractivity contribution in [3.63, 3.8) is 0 Å². The first-order valence-corrected chi connectivity index (χ1v) is 11.0. The lowest BCUT2D eigenvalue weighted by molar-refractivity contribution is -0.385. The molecule has 0 N–H and O–H groups in total. The van der Waals surface area contributed by atoms with E-state index in [4.69, 9.17) is 9.47 Å². The van der Waals surface area contributed by atoms with Crippen LogP contribution < -0.4 is 9.47 Å². The highest BCUT2D eigenvalue weighted by Crippen LogP contribution is 2.32. The number of nitro groups is 1. The van der Waals surface area contributed by atoms with Gasteiger partial charge >= 0.3 is 11.7 Å². The maximum absolute atomic E-state index is 12.6. The number of carbonyl (C=O) groups is 1. The van der Waals surface area contributed by atoms with E-state index in [0.717, 1.165) is 0 Å². The molecule has 1 fully saturated rings. The molecule has 1 heterocycles. The molecule has 0 aliphatic carbocycles. The molecular formula is C20H22N2O7S.